The van der Waals surface area contributed by atoms with Crippen LogP contribution in [0.15, 0.2) is 24.3 Å². The molecular weight excluding hydrogens is 406 g/mol. The molecule has 3 atom stereocenters. The zero-order valence-corrected chi connectivity index (χ0v) is 18.2. The lowest BCUT2D eigenvalue weighted by molar-refractivity contribution is -0.141. The lowest BCUT2D eigenvalue weighted by Gasteiger charge is -2.37. The van der Waals surface area contributed by atoms with Gasteiger partial charge in [0.1, 0.15) is 5.75 Å². The normalized spacial score (nSPS) is 26.2. The Morgan fingerprint density at radius 2 is 1.80 bits per heavy atom. The Morgan fingerprint density at radius 3 is 2.47 bits per heavy atom. The van der Waals surface area contributed by atoms with Gasteiger partial charge < -0.3 is 15.0 Å². The summed E-state index contributed by atoms with van der Waals surface area (Å²) in [4.78, 5) is 41.6. The SMILES string of the molecule is COc1ccccc1C1CNCCN1C(=O)CCN1C(=O)C2CCCCC2C1=O.Cl. The molecule has 0 radical (unpaired) electrons. The summed E-state index contributed by atoms with van der Waals surface area (Å²) < 4.78 is 5.49. The first-order valence-electron chi connectivity index (χ1n) is 10.6. The molecule has 30 heavy (non-hydrogen) atoms. The van der Waals surface area contributed by atoms with Crippen LogP contribution in [-0.2, 0) is 14.4 Å². The largest absolute Gasteiger partial charge is 0.496 e. The van der Waals surface area contributed by atoms with Gasteiger partial charge in [0, 0.05) is 38.2 Å². The number of benzene rings is 1. The Labute approximate surface area is 183 Å². The molecule has 8 heteroatoms. The number of nitrogens with zero attached hydrogens (tertiary/aromatic N) is 2. The van der Waals surface area contributed by atoms with E-state index in [2.05, 4.69) is 5.32 Å². The third kappa shape index (κ3) is 4.18. The van der Waals surface area contributed by atoms with Crippen LogP contribution < -0.4 is 10.1 Å². The average molecular weight is 436 g/mol. The van der Waals surface area contributed by atoms with E-state index in [4.69, 9.17) is 4.74 Å². The number of nitrogens with one attached hydrogen (secondary N) is 1. The predicted octanol–water partition coefficient (Wildman–Crippen LogP) is 2.16. The number of hydrogen-bond donors (Lipinski definition) is 1. The highest BCUT2D eigenvalue weighted by Crippen LogP contribution is 2.38. The van der Waals surface area contributed by atoms with E-state index in [0.29, 0.717) is 13.1 Å². The maximum atomic E-state index is 13.1. The van der Waals surface area contributed by atoms with E-state index < -0.39 is 0 Å². The van der Waals surface area contributed by atoms with Gasteiger partial charge in [-0.15, -0.1) is 12.4 Å². The number of carbonyl (C=O) groups excluding carboxylic acids is 3. The maximum Gasteiger partial charge on any atom is 0.233 e. The molecule has 4 rings (SSSR count). The summed E-state index contributed by atoms with van der Waals surface area (Å²) in [6.45, 7) is 2.15. The molecule has 1 aliphatic carbocycles. The van der Waals surface area contributed by atoms with Crippen LogP contribution in [0.4, 0.5) is 0 Å². The number of ether oxygens (including phenoxy) is 1. The van der Waals surface area contributed by atoms with Crippen molar-refractivity contribution in [2.75, 3.05) is 33.3 Å². The third-order valence-electron chi connectivity index (χ3n) is 6.54. The first kappa shape index (κ1) is 22.6. The molecule has 3 amide bonds. The minimum atomic E-state index is -0.160. The Hall–Kier alpha value is -2.12. The number of carbonyl (C=O) groups is 3. The first-order chi connectivity index (χ1) is 14.1. The summed E-state index contributed by atoms with van der Waals surface area (Å²) in [6, 6.07) is 7.61. The van der Waals surface area contributed by atoms with Crippen molar-refractivity contribution in [3.05, 3.63) is 29.8 Å². The number of piperazine rings is 1. The van der Waals surface area contributed by atoms with Crippen molar-refractivity contribution in [2.24, 2.45) is 11.8 Å². The van der Waals surface area contributed by atoms with Crippen molar-refractivity contribution in [1.29, 1.82) is 0 Å². The van der Waals surface area contributed by atoms with Crippen molar-refractivity contribution in [3.8, 4) is 5.75 Å². The topological polar surface area (TPSA) is 79.0 Å². The molecule has 0 spiro atoms. The Morgan fingerprint density at radius 1 is 1.13 bits per heavy atom. The summed E-state index contributed by atoms with van der Waals surface area (Å²) in [5.41, 5.74) is 0.967. The van der Waals surface area contributed by atoms with Gasteiger partial charge in [-0.3, -0.25) is 19.3 Å². The van der Waals surface area contributed by atoms with Crippen LogP contribution in [0.25, 0.3) is 0 Å². The number of para-hydroxylation sites is 1. The molecule has 2 saturated heterocycles. The fourth-order valence-electron chi connectivity index (χ4n) is 5.02. The number of fused-ring (bicyclic) bond motifs is 1. The van der Waals surface area contributed by atoms with Crippen molar-refractivity contribution < 1.29 is 19.1 Å². The fraction of sp³-hybridized carbons (Fsp3) is 0.591. The summed E-state index contributed by atoms with van der Waals surface area (Å²) in [5.74, 6) is 0.257. The van der Waals surface area contributed by atoms with Crippen LogP contribution in [0.2, 0.25) is 0 Å². The number of methoxy groups -OCH3 is 1. The van der Waals surface area contributed by atoms with Gasteiger partial charge in [0.05, 0.1) is 25.0 Å². The number of hydrogen-bond acceptors (Lipinski definition) is 5. The first-order valence-corrected chi connectivity index (χ1v) is 10.6. The second-order valence-electron chi connectivity index (χ2n) is 8.12. The third-order valence-corrected chi connectivity index (χ3v) is 6.54. The average Bonchev–Trinajstić information content (AvgIpc) is 3.02. The molecule has 0 aromatic heterocycles. The molecule has 3 aliphatic rings. The van der Waals surface area contributed by atoms with Crippen LogP contribution in [0.3, 0.4) is 0 Å². The van der Waals surface area contributed by atoms with Gasteiger partial charge in [0.2, 0.25) is 17.7 Å². The highest BCUT2D eigenvalue weighted by Gasteiger charge is 2.48. The van der Waals surface area contributed by atoms with Gasteiger partial charge in [0.15, 0.2) is 0 Å². The zero-order chi connectivity index (χ0) is 20.4. The zero-order valence-electron chi connectivity index (χ0n) is 17.3. The molecule has 0 bridgehead atoms. The van der Waals surface area contributed by atoms with Crippen LogP contribution in [-0.4, -0.2) is 60.8 Å². The van der Waals surface area contributed by atoms with Gasteiger partial charge >= 0.3 is 0 Å². The second-order valence-corrected chi connectivity index (χ2v) is 8.12. The van der Waals surface area contributed by atoms with Gasteiger partial charge in [-0.05, 0) is 18.9 Å². The lowest BCUT2D eigenvalue weighted by Crippen LogP contribution is -2.49. The van der Waals surface area contributed by atoms with Crippen LogP contribution in [0.1, 0.15) is 43.7 Å². The highest BCUT2D eigenvalue weighted by molar-refractivity contribution is 6.05. The van der Waals surface area contributed by atoms with E-state index in [0.717, 1.165) is 43.5 Å². The van der Waals surface area contributed by atoms with Crippen LogP contribution >= 0.6 is 12.4 Å². The Balaban J connectivity index is 0.00000256. The van der Waals surface area contributed by atoms with Crippen molar-refractivity contribution >= 4 is 30.1 Å². The van der Waals surface area contributed by atoms with Gasteiger partial charge in [-0.1, -0.05) is 31.0 Å². The molecule has 1 N–H and O–H groups in total. The summed E-state index contributed by atoms with van der Waals surface area (Å²) in [6.07, 6.45) is 3.78. The molecule has 1 aromatic rings. The van der Waals surface area contributed by atoms with Crippen molar-refractivity contribution in [3.63, 3.8) is 0 Å². The standard InChI is InChI=1S/C22H29N3O4.ClH/c1-29-19-9-5-4-8-17(19)18-14-23-11-13-24(18)20(26)10-12-25-21(27)15-6-2-3-7-16(15)22(25)28;/h4-5,8-9,15-16,18,23H,2-3,6-7,10-14H2,1H3;1H. The molecule has 1 saturated carbocycles. The smallest absolute Gasteiger partial charge is 0.233 e. The molecule has 3 unspecified atom stereocenters. The number of halogens is 1. The Kier molecular flexibility index (Phi) is 7.36. The van der Waals surface area contributed by atoms with E-state index in [9.17, 15) is 14.4 Å². The fourth-order valence-corrected chi connectivity index (χ4v) is 5.02. The monoisotopic (exact) mass is 435 g/mol. The second kappa shape index (κ2) is 9.79. The van der Waals surface area contributed by atoms with Gasteiger partial charge in [-0.25, -0.2) is 0 Å². The molecule has 2 aliphatic heterocycles. The van der Waals surface area contributed by atoms with Crippen LogP contribution in [0, 0.1) is 11.8 Å². The number of likely N-dealkylation sites (tertiary alicyclic amines) is 1. The molecule has 3 fully saturated rings. The van der Waals surface area contributed by atoms with Crippen molar-refractivity contribution in [1.82, 2.24) is 15.1 Å². The minimum absolute atomic E-state index is 0. The highest BCUT2D eigenvalue weighted by atomic mass is 35.5. The van der Waals surface area contributed by atoms with E-state index in [1.54, 1.807) is 7.11 Å². The van der Waals surface area contributed by atoms with E-state index in [1.807, 2.05) is 29.2 Å². The summed E-state index contributed by atoms with van der Waals surface area (Å²) in [5, 5.41) is 3.35. The predicted molar refractivity (Wildman–Crippen MR) is 114 cm³/mol. The Bertz CT molecular complexity index is 778. The molecule has 164 valence electrons. The minimum Gasteiger partial charge on any atom is -0.496 e. The number of rotatable bonds is 5. The quantitative estimate of drug-likeness (QED) is 0.717. The molecule has 1 aromatic carbocycles. The number of amides is 3. The maximum absolute atomic E-state index is 13.1. The molecular formula is C22H30ClN3O4. The number of imide groups is 1. The van der Waals surface area contributed by atoms with E-state index in [-0.39, 0.29) is 61.0 Å². The van der Waals surface area contributed by atoms with E-state index in [1.165, 1.54) is 4.90 Å². The van der Waals surface area contributed by atoms with E-state index >= 15 is 0 Å². The molecule has 2 heterocycles. The summed E-state index contributed by atoms with van der Waals surface area (Å²) in [7, 11) is 1.63. The van der Waals surface area contributed by atoms with Crippen LogP contribution in [0.5, 0.6) is 5.75 Å². The van der Waals surface area contributed by atoms with Gasteiger partial charge in [0.25, 0.3) is 0 Å². The lowest BCUT2D eigenvalue weighted by atomic mass is 9.81. The molecule has 7 nitrogen and oxygen atoms in total. The summed E-state index contributed by atoms with van der Waals surface area (Å²) >= 11 is 0. The van der Waals surface area contributed by atoms with Crippen molar-refractivity contribution in [2.45, 2.75) is 38.1 Å². The van der Waals surface area contributed by atoms with Gasteiger partial charge in [-0.2, -0.15) is 0 Å².